The summed E-state index contributed by atoms with van der Waals surface area (Å²) in [5.41, 5.74) is -1.10. The molecule has 1 heterocycles. The molecule has 33 heavy (non-hydrogen) atoms. The predicted octanol–water partition coefficient (Wildman–Crippen LogP) is 4.80. The van der Waals surface area contributed by atoms with Gasteiger partial charge in [0.25, 0.3) is 11.2 Å². The Morgan fingerprint density at radius 2 is 1.73 bits per heavy atom. The molecule has 2 aromatic carbocycles. The number of benzene rings is 2. The zero-order valence-electron chi connectivity index (χ0n) is 16.7. The van der Waals surface area contributed by atoms with Gasteiger partial charge in [0, 0.05) is 6.07 Å². The second kappa shape index (κ2) is 8.22. The number of rotatable bonds is 4. The van der Waals surface area contributed by atoms with Crippen molar-refractivity contribution in [2.45, 2.75) is 25.8 Å². The van der Waals surface area contributed by atoms with Gasteiger partial charge in [-0.15, -0.1) is 0 Å². The van der Waals surface area contributed by atoms with Gasteiger partial charge in [-0.1, -0.05) is 29.8 Å². The highest BCUT2D eigenvalue weighted by Gasteiger charge is 2.39. The molecule has 0 aliphatic heterocycles. The maximum absolute atomic E-state index is 13.4. The van der Waals surface area contributed by atoms with E-state index in [2.05, 4.69) is 4.98 Å². The van der Waals surface area contributed by atoms with Crippen LogP contribution in [-0.4, -0.2) is 14.5 Å². The van der Waals surface area contributed by atoms with Gasteiger partial charge >= 0.3 is 12.4 Å². The number of halogens is 6. The van der Waals surface area contributed by atoms with Crippen LogP contribution in [0.25, 0.3) is 11.4 Å². The Morgan fingerprint density at radius 3 is 2.27 bits per heavy atom. The zero-order valence-corrected chi connectivity index (χ0v) is 16.7. The van der Waals surface area contributed by atoms with E-state index in [1.165, 1.54) is 6.07 Å². The van der Waals surface area contributed by atoms with Crippen LogP contribution >= 0.6 is 0 Å². The van der Waals surface area contributed by atoms with E-state index in [4.69, 9.17) is 5.73 Å². The molecule has 2 N–H and O–H groups in total. The topological polar surface area (TPSA) is 104 Å². The summed E-state index contributed by atoms with van der Waals surface area (Å²) in [5, 5.41) is 11.5. The summed E-state index contributed by atoms with van der Waals surface area (Å²) < 4.78 is 80.1. The molecule has 0 fully saturated rings. The van der Waals surface area contributed by atoms with Gasteiger partial charge in [-0.25, -0.2) is 4.98 Å². The number of hydrogen-bond donors (Lipinski definition) is 1. The number of nitro groups is 1. The highest BCUT2D eigenvalue weighted by atomic mass is 19.4. The highest BCUT2D eigenvalue weighted by Crippen LogP contribution is 2.38. The van der Waals surface area contributed by atoms with Crippen LogP contribution in [0.3, 0.4) is 0 Å². The Bertz CT molecular complexity index is 1300. The van der Waals surface area contributed by atoms with Crippen molar-refractivity contribution in [3.8, 4) is 11.4 Å². The van der Waals surface area contributed by atoms with Gasteiger partial charge < -0.3 is 5.73 Å². The maximum Gasteiger partial charge on any atom is 0.435 e. The molecule has 1 aromatic heterocycles. The summed E-state index contributed by atoms with van der Waals surface area (Å²) in [6, 6.07) is 7.69. The van der Waals surface area contributed by atoms with Gasteiger partial charge in [0.2, 0.25) is 0 Å². The van der Waals surface area contributed by atoms with Gasteiger partial charge in [0.05, 0.1) is 22.6 Å². The number of nitrogen functional groups attached to an aromatic ring is 1. The number of nitro benzene ring substituents is 1. The minimum atomic E-state index is -5.19. The molecule has 0 aliphatic rings. The number of hydrogen-bond acceptors (Lipinski definition) is 5. The van der Waals surface area contributed by atoms with Crippen molar-refractivity contribution in [1.82, 2.24) is 9.55 Å². The molecule has 0 saturated carbocycles. The molecule has 174 valence electrons. The van der Waals surface area contributed by atoms with Gasteiger partial charge in [-0.05, 0) is 24.6 Å². The van der Waals surface area contributed by atoms with Gasteiger partial charge in [0.15, 0.2) is 11.5 Å². The van der Waals surface area contributed by atoms with E-state index in [-0.39, 0.29) is 12.6 Å². The van der Waals surface area contributed by atoms with E-state index in [1.54, 1.807) is 25.1 Å². The summed E-state index contributed by atoms with van der Waals surface area (Å²) in [4.78, 5) is 26.4. The third-order valence-electron chi connectivity index (χ3n) is 4.66. The summed E-state index contributed by atoms with van der Waals surface area (Å²) in [6.45, 7) is 1.33. The normalized spacial score (nSPS) is 12.1. The number of nitrogens with two attached hydrogens (primary N) is 1. The molecule has 7 nitrogen and oxygen atoms in total. The van der Waals surface area contributed by atoms with Crippen LogP contribution in [0.15, 0.2) is 47.3 Å². The lowest BCUT2D eigenvalue weighted by atomic mass is 10.1. The molecule has 3 aromatic rings. The summed E-state index contributed by atoms with van der Waals surface area (Å²) >= 11 is 0. The van der Waals surface area contributed by atoms with Crippen molar-refractivity contribution in [1.29, 1.82) is 0 Å². The van der Waals surface area contributed by atoms with Gasteiger partial charge in [0.1, 0.15) is 5.69 Å². The van der Waals surface area contributed by atoms with Gasteiger partial charge in [-0.2, -0.15) is 26.3 Å². The summed E-state index contributed by atoms with van der Waals surface area (Å²) in [6.07, 6.45) is -10.1. The van der Waals surface area contributed by atoms with Crippen molar-refractivity contribution < 1.29 is 31.3 Å². The fraction of sp³-hybridized carbons (Fsp3) is 0.200. The molecule has 0 atom stereocenters. The van der Waals surface area contributed by atoms with Crippen LogP contribution in [0.1, 0.15) is 22.4 Å². The fourth-order valence-corrected chi connectivity index (χ4v) is 3.18. The van der Waals surface area contributed by atoms with E-state index in [0.717, 1.165) is 5.56 Å². The van der Waals surface area contributed by atoms with Gasteiger partial charge in [-0.3, -0.25) is 19.5 Å². The molecule has 0 unspecified atom stereocenters. The highest BCUT2D eigenvalue weighted by molar-refractivity contribution is 5.70. The average molecular weight is 472 g/mol. The summed E-state index contributed by atoms with van der Waals surface area (Å²) in [7, 11) is 0. The summed E-state index contributed by atoms with van der Waals surface area (Å²) in [5.74, 6) is -0.844. The fourth-order valence-electron chi connectivity index (χ4n) is 3.18. The molecule has 13 heteroatoms. The number of nitrogens with zero attached hydrogens (tertiary/aromatic N) is 3. The van der Waals surface area contributed by atoms with Crippen LogP contribution in [0, 0.1) is 17.0 Å². The van der Waals surface area contributed by atoms with E-state index < -0.39 is 56.9 Å². The number of alkyl halides is 6. The second-order valence-electron chi connectivity index (χ2n) is 7.06. The van der Waals surface area contributed by atoms with Crippen LogP contribution in [0.2, 0.25) is 0 Å². The minimum absolute atomic E-state index is 0.169. The van der Waals surface area contributed by atoms with Crippen LogP contribution in [0.5, 0.6) is 0 Å². The maximum atomic E-state index is 13.4. The SMILES string of the molecule is Cc1cccc(Cn2c(-c3ccc(C(F)(F)F)cc3[N+](=O)[O-])nc(C(F)(F)F)c(N)c2=O)c1. The molecule has 0 saturated heterocycles. The van der Waals surface area contributed by atoms with Crippen molar-refractivity contribution in [2.75, 3.05) is 5.73 Å². The van der Waals surface area contributed by atoms with Crippen molar-refractivity contribution in [3.63, 3.8) is 0 Å². The largest absolute Gasteiger partial charge is 0.435 e. The monoisotopic (exact) mass is 472 g/mol. The first-order valence-corrected chi connectivity index (χ1v) is 9.09. The van der Waals surface area contributed by atoms with Crippen LogP contribution in [-0.2, 0) is 18.9 Å². The third-order valence-corrected chi connectivity index (χ3v) is 4.66. The number of aromatic nitrogens is 2. The molecule has 0 amide bonds. The molecular weight excluding hydrogens is 458 g/mol. The van der Waals surface area contributed by atoms with Crippen molar-refractivity contribution in [3.05, 3.63) is 85.3 Å². The molecule has 0 spiro atoms. The van der Waals surface area contributed by atoms with E-state index >= 15 is 0 Å². The van der Waals surface area contributed by atoms with E-state index in [9.17, 15) is 41.3 Å². The first-order valence-electron chi connectivity index (χ1n) is 9.09. The first kappa shape index (κ1) is 23.8. The Morgan fingerprint density at radius 1 is 1.06 bits per heavy atom. The standard InChI is InChI=1S/C20H14F6N4O3/c1-10-3-2-4-11(7-10)9-29-17(28-16(20(24,25)26)15(27)18(29)31)13-6-5-12(19(21,22)23)8-14(13)30(32)33/h2-8H,9,27H2,1H3. The lowest BCUT2D eigenvalue weighted by Gasteiger charge is -2.18. The predicted molar refractivity (Wildman–Crippen MR) is 105 cm³/mol. The zero-order chi connectivity index (χ0) is 24.7. The first-order chi connectivity index (χ1) is 15.2. The molecule has 0 aliphatic carbocycles. The van der Waals surface area contributed by atoms with Crippen LogP contribution < -0.4 is 11.3 Å². The van der Waals surface area contributed by atoms with Crippen molar-refractivity contribution in [2.24, 2.45) is 0 Å². The smallest absolute Gasteiger partial charge is 0.392 e. The molecule has 3 rings (SSSR count). The number of anilines is 1. The second-order valence-corrected chi connectivity index (χ2v) is 7.06. The molecule has 0 bridgehead atoms. The Labute approximate surface area is 181 Å². The van der Waals surface area contributed by atoms with Crippen molar-refractivity contribution >= 4 is 11.4 Å². The molecule has 0 radical (unpaired) electrons. The lowest BCUT2D eigenvalue weighted by molar-refractivity contribution is -0.384. The Balaban J connectivity index is 2.37. The minimum Gasteiger partial charge on any atom is -0.392 e. The van der Waals surface area contributed by atoms with Crippen LogP contribution in [0.4, 0.5) is 37.7 Å². The van der Waals surface area contributed by atoms with E-state index in [0.29, 0.717) is 22.3 Å². The quantitative estimate of drug-likeness (QED) is 0.334. The van der Waals surface area contributed by atoms with E-state index in [1.807, 2.05) is 0 Å². The Kier molecular flexibility index (Phi) is 5.92. The third kappa shape index (κ3) is 4.81. The average Bonchev–Trinajstić information content (AvgIpc) is 2.69. The lowest BCUT2D eigenvalue weighted by Crippen LogP contribution is -2.30. The number of aryl methyl sites for hydroxylation is 1. The Hall–Kier alpha value is -3.90. The molecular formula is C20H14F6N4O3.